The number of para-hydroxylation sites is 1. The van der Waals surface area contributed by atoms with Gasteiger partial charge in [-0.15, -0.1) is 0 Å². The minimum absolute atomic E-state index is 0.102. The average Bonchev–Trinajstić information content (AvgIpc) is 3.15. The molecule has 0 fully saturated rings. The molecule has 0 atom stereocenters. The van der Waals surface area contributed by atoms with Crippen LogP contribution < -0.4 is 4.74 Å². The Balaban J connectivity index is 1.40. The number of benzene rings is 3. The molecule has 0 amide bonds. The summed E-state index contributed by atoms with van der Waals surface area (Å²) in [5.74, 6) is -1.87. The Bertz CT molecular complexity index is 1740. The number of aromatic nitrogens is 1. The summed E-state index contributed by atoms with van der Waals surface area (Å²) in [6.45, 7) is 12.3. The maximum Gasteiger partial charge on any atom is 0.311 e. The third kappa shape index (κ3) is 5.91. The molecule has 1 N–H and O–H groups in total. The van der Waals surface area contributed by atoms with Gasteiger partial charge in [0.1, 0.15) is 17.2 Å². The molecule has 0 aliphatic heterocycles. The highest BCUT2D eigenvalue weighted by Gasteiger charge is 2.41. The number of phenolic OH excluding ortho intramolecular Hbond substituents is 1. The smallest absolute Gasteiger partial charge is 0.311 e. The molecule has 1 heterocycles. The molecule has 1 aliphatic carbocycles. The quantitative estimate of drug-likeness (QED) is 0.137. The maximum atomic E-state index is 13.2. The minimum Gasteiger partial charge on any atom is -0.507 e. The molecular formula is C35H33Cl2NO5. The van der Waals surface area contributed by atoms with E-state index in [0.29, 0.717) is 17.3 Å². The molecule has 0 bridgehead atoms. The van der Waals surface area contributed by atoms with Crippen molar-refractivity contribution >= 4 is 51.6 Å². The second-order valence-corrected chi connectivity index (χ2v) is 13.9. The van der Waals surface area contributed by atoms with Crippen molar-refractivity contribution in [3.05, 3.63) is 98.2 Å². The first-order chi connectivity index (χ1) is 20.1. The van der Waals surface area contributed by atoms with E-state index in [2.05, 4.69) is 4.98 Å². The number of esters is 1. The van der Waals surface area contributed by atoms with E-state index in [9.17, 15) is 19.5 Å². The third-order valence-electron chi connectivity index (χ3n) is 7.74. The Hall–Kier alpha value is -3.74. The van der Waals surface area contributed by atoms with Crippen LogP contribution in [-0.2, 0) is 22.0 Å². The van der Waals surface area contributed by atoms with Crippen molar-refractivity contribution in [2.45, 2.75) is 71.1 Å². The first-order valence-electron chi connectivity index (χ1n) is 14.1. The number of carbonyl (C=O) groups is 3. The predicted molar refractivity (Wildman–Crippen MR) is 169 cm³/mol. The van der Waals surface area contributed by atoms with E-state index in [4.69, 9.17) is 27.9 Å². The zero-order chi connectivity index (χ0) is 31.4. The van der Waals surface area contributed by atoms with E-state index in [0.717, 1.165) is 16.7 Å². The normalized spacial score (nSPS) is 14.0. The molecule has 5 rings (SSSR count). The largest absolute Gasteiger partial charge is 0.507 e. The van der Waals surface area contributed by atoms with Crippen molar-refractivity contribution in [1.29, 1.82) is 0 Å². The summed E-state index contributed by atoms with van der Waals surface area (Å²) in [7, 11) is 0. The lowest BCUT2D eigenvalue weighted by Gasteiger charge is -2.28. The lowest BCUT2D eigenvalue weighted by Crippen LogP contribution is -2.18. The Morgan fingerprint density at radius 1 is 0.860 bits per heavy atom. The van der Waals surface area contributed by atoms with E-state index < -0.39 is 23.5 Å². The van der Waals surface area contributed by atoms with Crippen LogP contribution in [0.2, 0.25) is 10.0 Å². The van der Waals surface area contributed by atoms with Crippen LogP contribution in [0.1, 0.15) is 97.0 Å². The number of ether oxygens (including phenoxy) is 1. The number of hydrogen-bond acceptors (Lipinski definition) is 6. The van der Waals surface area contributed by atoms with Gasteiger partial charge in [0.25, 0.3) is 0 Å². The van der Waals surface area contributed by atoms with Gasteiger partial charge >= 0.3 is 5.97 Å². The summed E-state index contributed by atoms with van der Waals surface area (Å²) in [6, 6.07) is 15.3. The van der Waals surface area contributed by atoms with E-state index in [1.807, 2.05) is 59.7 Å². The molecule has 1 aromatic heterocycles. The lowest BCUT2D eigenvalue weighted by molar-refractivity contribution is -0.134. The highest BCUT2D eigenvalue weighted by atomic mass is 35.5. The molecule has 4 aromatic rings. The average molecular weight is 619 g/mol. The van der Waals surface area contributed by atoms with Crippen molar-refractivity contribution in [2.75, 3.05) is 0 Å². The summed E-state index contributed by atoms with van der Waals surface area (Å²) < 4.78 is 5.78. The Morgan fingerprint density at radius 2 is 1.42 bits per heavy atom. The van der Waals surface area contributed by atoms with Crippen LogP contribution in [0, 0.1) is 0 Å². The summed E-state index contributed by atoms with van der Waals surface area (Å²) in [5.41, 5.74) is 3.08. The highest BCUT2D eigenvalue weighted by molar-refractivity contribution is 6.43. The second-order valence-electron chi connectivity index (χ2n) is 13.1. The molecule has 222 valence electrons. The first kappa shape index (κ1) is 30.7. The van der Waals surface area contributed by atoms with Crippen LogP contribution in [0.15, 0.2) is 54.6 Å². The van der Waals surface area contributed by atoms with E-state index in [1.165, 1.54) is 12.1 Å². The van der Waals surface area contributed by atoms with Gasteiger partial charge in [0.2, 0.25) is 0 Å². The SMILES string of the molecule is CC(C)(C)c1cc(CCC(=O)Oc2cccc3ccc(C4C(=O)c5cc(Cl)c(Cl)cc5C4=O)nc23)cc(C(C)(C)C)c1O. The van der Waals surface area contributed by atoms with E-state index >= 15 is 0 Å². The molecule has 0 spiro atoms. The zero-order valence-electron chi connectivity index (χ0n) is 25.0. The van der Waals surface area contributed by atoms with Crippen LogP contribution in [0.25, 0.3) is 10.9 Å². The van der Waals surface area contributed by atoms with E-state index in [1.54, 1.807) is 24.3 Å². The number of aryl methyl sites for hydroxylation is 1. The van der Waals surface area contributed by atoms with Gasteiger partial charge in [0, 0.05) is 22.9 Å². The summed E-state index contributed by atoms with van der Waals surface area (Å²) in [6.07, 6.45) is 0.521. The predicted octanol–water partition coefficient (Wildman–Crippen LogP) is 8.54. The van der Waals surface area contributed by atoms with Crippen molar-refractivity contribution in [3.63, 3.8) is 0 Å². The molecule has 43 heavy (non-hydrogen) atoms. The number of fused-ring (bicyclic) bond motifs is 2. The molecule has 0 radical (unpaired) electrons. The maximum absolute atomic E-state index is 13.2. The van der Waals surface area contributed by atoms with Crippen LogP contribution in [0.3, 0.4) is 0 Å². The zero-order valence-corrected chi connectivity index (χ0v) is 26.5. The highest BCUT2D eigenvalue weighted by Crippen LogP contribution is 2.41. The van der Waals surface area contributed by atoms with Gasteiger partial charge in [-0.3, -0.25) is 14.4 Å². The van der Waals surface area contributed by atoms with Crippen LogP contribution >= 0.6 is 23.2 Å². The summed E-state index contributed by atoms with van der Waals surface area (Å²) >= 11 is 12.2. The summed E-state index contributed by atoms with van der Waals surface area (Å²) in [5, 5.41) is 12.1. The fourth-order valence-corrected chi connectivity index (χ4v) is 5.76. The third-order valence-corrected chi connectivity index (χ3v) is 8.47. The van der Waals surface area contributed by atoms with Crippen LogP contribution in [0.5, 0.6) is 11.5 Å². The van der Waals surface area contributed by atoms with Crippen LogP contribution in [0.4, 0.5) is 0 Å². The van der Waals surface area contributed by atoms with Crippen molar-refractivity contribution in [1.82, 2.24) is 4.98 Å². The van der Waals surface area contributed by atoms with Crippen molar-refractivity contribution in [3.8, 4) is 11.5 Å². The van der Waals surface area contributed by atoms with Crippen molar-refractivity contribution < 1.29 is 24.2 Å². The van der Waals surface area contributed by atoms with Gasteiger partial charge in [-0.05, 0) is 58.2 Å². The first-order valence-corrected chi connectivity index (χ1v) is 14.9. The van der Waals surface area contributed by atoms with Gasteiger partial charge in [-0.25, -0.2) is 4.98 Å². The molecular weight excluding hydrogens is 585 g/mol. The lowest BCUT2D eigenvalue weighted by atomic mass is 9.78. The van der Waals surface area contributed by atoms with Crippen molar-refractivity contribution in [2.24, 2.45) is 0 Å². The molecule has 0 saturated carbocycles. The minimum atomic E-state index is -1.14. The number of aromatic hydroxyl groups is 1. The molecule has 1 aliphatic rings. The Kier molecular flexibility index (Phi) is 7.91. The molecule has 0 unspecified atom stereocenters. The number of Topliss-reactive ketones (excluding diaryl/α,β-unsaturated/α-hetero) is 2. The topological polar surface area (TPSA) is 93.6 Å². The number of rotatable bonds is 5. The van der Waals surface area contributed by atoms with Gasteiger partial charge in [-0.2, -0.15) is 0 Å². The monoisotopic (exact) mass is 617 g/mol. The fourth-order valence-electron chi connectivity index (χ4n) is 5.43. The Morgan fingerprint density at radius 3 is 1.95 bits per heavy atom. The number of nitrogens with zero attached hydrogens (tertiary/aromatic N) is 1. The fraction of sp³-hybridized carbons (Fsp3) is 0.314. The number of hydrogen-bond donors (Lipinski definition) is 1. The standard InChI is InChI=1S/C35H33Cl2NO5/c1-34(2,3)22-14-18(15-23(33(22)42)35(4,5)6)10-13-28(39)43-27-9-7-8-19-11-12-26(38-30(19)27)29-31(40)20-16-24(36)25(37)17-21(20)32(29)41/h7-9,11-12,14-17,29,42H,10,13H2,1-6H3. The number of pyridine rings is 1. The van der Waals surface area contributed by atoms with Crippen LogP contribution in [-0.4, -0.2) is 27.6 Å². The Labute approximate surface area is 261 Å². The molecule has 0 saturated heterocycles. The molecule has 3 aromatic carbocycles. The van der Waals surface area contributed by atoms with Gasteiger partial charge in [-0.1, -0.05) is 95.1 Å². The van der Waals surface area contributed by atoms with Gasteiger partial charge in [0.15, 0.2) is 17.3 Å². The number of ketones is 2. The van der Waals surface area contributed by atoms with Gasteiger partial charge in [0.05, 0.1) is 15.7 Å². The summed E-state index contributed by atoms with van der Waals surface area (Å²) in [4.78, 5) is 44.2. The second kappa shape index (κ2) is 11.1. The molecule has 8 heteroatoms. The number of halogens is 2. The number of phenols is 1. The molecule has 6 nitrogen and oxygen atoms in total. The number of carbonyl (C=O) groups excluding carboxylic acids is 3. The van der Waals surface area contributed by atoms with E-state index in [-0.39, 0.29) is 55.6 Å². The van der Waals surface area contributed by atoms with Gasteiger partial charge < -0.3 is 9.84 Å².